The molecule has 1 aromatic heterocycles. The van der Waals surface area contributed by atoms with Gasteiger partial charge in [-0.3, -0.25) is 10.1 Å². The lowest BCUT2D eigenvalue weighted by Gasteiger charge is -2.12. The highest BCUT2D eigenvalue weighted by Gasteiger charge is 2.24. The number of phenols is 1. The number of halogens is 1. The van der Waals surface area contributed by atoms with Crippen LogP contribution in [0.4, 0.5) is 23.0 Å². The number of para-hydroxylation sites is 2. The number of aromatic hydroxyl groups is 1. The van der Waals surface area contributed by atoms with Crippen molar-refractivity contribution in [2.45, 2.75) is 0 Å². The predicted molar refractivity (Wildman–Crippen MR) is 103 cm³/mol. The van der Waals surface area contributed by atoms with Gasteiger partial charge in [0.15, 0.2) is 10.3 Å². The number of nitrogens with one attached hydrogen (secondary N) is 3. The van der Waals surface area contributed by atoms with Gasteiger partial charge in [-0.25, -0.2) is 0 Å². The van der Waals surface area contributed by atoms with Crippen LogP contribution in [0, 0.1) is 4.91 Å². The summed E-state index contributed by atoms with van der Waals surface area (Å²) in [6.45, 7) is 0. The molecule has 27 heavy (non-hydrogen) atoms. The molecule has 140 valence electrons. The molecule has 2 aromatic carbocycles. The molecule has 10 heteroatoms. The Hall–Kier alpha value is -3.27. The van der Waals surface area contributed by atoms with Crippen LogP contribution in [-0.4, -0.2) is 35.2 Å². The van der Waals surface area contributed by atoms with Gasteiger partial charge >= 0.3 is 5.82 Å². The standard InChI is InChI=1S/C17H16BrN5O4/c1-22(2)17(25)10-6-5-9-13(14(10)24)20-16-15(21-27-23(16)26)19-12-8-4-3-7-11(12)18/h3-9,20H,1-2H3,(H2-,19,21,24,25,26)/p+1. The summed E-state index contributed by atoms with van der Waals surface area (Å²) in [6, 6.07) is 12.0. The SMILES string of the molecule is CN(C)C(=O)c1cccc(Nc2c(Nc3ccccc3Br)[nH]o[n+]2=O)c1O. The first-order valence-electron chi connectivity index (χ1n) is 7.85. The van der Waals surface area contributed by atoms with Crippen molar-refractivity contribution in [3.05, 3.63) is 57.4 Å². The monoisotopic (exact) mass is 434 g/mol. The quantitative estimate of drug-likeness (QED) is 0.458. The van der Waals surface area contributed by atoms with Gasteiger partial charge < -0.3 is 15.3 Å². The second-order valence-electron chi connectivity index (χ2n) is 5.81. The van der Waals surface area contributed by atoms with E-state index in [0.717, 1.165) is 4.47 Å². The van der Waals surface area contributed by atoms with Gasteiger partial charge in [0.05, 0.1) is 11.3 Å². The molecule has 0 fully saturated rings. The number of hydrogen-bond donors (Lipinski definition) is 4. The van der Waals surface area contributed by atoms with Crippen molar-refractivity contribution in [2.75, 3.05) is 24.7 Å². The maximum absolute atomic E-state index is 12.2. The number of aromatic nitrogens is 2. The van der Waals surface area contributed by atoms with Crippen LogP contribution in [0.5, 0.6) is 5.75 Å². The molecule has 1 amide bonds. The highest BCUT2D eigenvalue weighted by Crippen LogP contribution is 2.33. The van der Waals surface area contributed by atoms with Gasteiger partial charge in [-0.2, -0.15) is 0 Å². The largest absolute Gasteiger partial charge is 0.504 e. The number of carbonyl (C=O) groups is 1. The van der Waals surface area contributed by atoms with Gasteiger partial charge in [-0.15, -0.1) is 4.63 Å². The number of amides is 1. The summed E-state index contributed by atoms with van der Waals surface area (Å²) >= 11 is 3.41. The van der Waals surface area contributed by atoms with E-state index in [9.17, 15) is 14.8 Å². The Morgan fingerprint density at radius 2 is 1.85 bits per heavy atom. The van der Waals surface area contributed by atoms with Gasteiger partial charge in [0, 0.05) is 18.6 Å². The van der Waals surface area contributed by atoms with Gasteiger partial charge in [-0.05, 0) is 45.1 Å². The zero-order chi connectivity index (χ0) is 19.6. The highest BCUT2D eigenvalue weighted by atomic mass is 79.9. The van der Waals surface area contributed by atoms with Crippen molar-refractivity contribution in [3.8, 4) is 5.75 Å². The number of H-pyrrole nitrogens is 1. The van der Waals surface area contributed by atoms with E-state index in [2.05, 4.69) is 31.7 Å². The number of carbonyl (C=O) groups excluding carboxylic acids is 1. The Morgan fingerprint density at radius 3 is 2.56 bits per heavy atom. The molecule has 9 nitrogen and oxygen atoms in total. The molecule has 0 saturated carbocycles. The van der Waals surface area contributed by atoms with Crippen molar-refractivity contribution in [3.63, 3.8) is 0 Å². The van der Waals surface area contributed by atoms with Crippen LogP contribution in [0.2, 0.25) is 0 Å². The summed E-state index contributed by atoms with van der Waals surface area (Å²) in [6.07, 6.45) is 0. The average Bonchev–Trinajstić information content (AvgIpc) is 2.98. The van der Waals surface area contributed by atoms with Crippen LogP contribution in [-0.2, 0) is 0 Å². The molecule has 1 heterocycles. The minimum absolute atomic E-state index is 0.0181. The first-order chi connectivity index (χ1) is 12.9. The number of nitrogens with zero attached hydrogens (tertiary/aromatic N) is 2. The van der Waals surface area contributed by atoms with E-state index in [1.165, 1.54) is 17.0 Å². The fourth-order valence-corrected chi connectivity index (χ4v) is 2.73. The second kappa shape index (κ2) is 7.54. The summed E-state index contributed by atoms with van der Waals surface area (Å²) in [7, 11) is 3.16. The Balaban J connectivity index is 1.95. The zero-order valence-electron chi connectivity index (χ0n) is 14.5. The van der Waals surface area contributed by atoms with Gasteiger partial charge in [0.25, 0.3) is 11.7 Å². The lowest BCUT2D eigenvalue weighted by atomic mass is 10.1. The van der Waals surface area contributed by atoms with Crippen LogP contribution in [0.3, 0.4) is 0 Å². The zero-order valence-corrected chi connectivity index (χ0v) is 16.1. The summed E-state index contributed by atoms with van der Waals surface area (Å²) in [5, 5.41) is 18.7. The van der Waals surface area contributed by atoms with Crippen molar-refractivity contribution < 1.29 is 19.1 Å². The smallest absolute Gasteiger partial charge is 0.371 e. The lowest BCUT2D eigenvalue weighted by Crippen LogP contribution is -2.22. The molecule has 0 atom stereocenters. The molecule has 3 rings (SSSR count). The van der Waals surface area contributed by atoms with E-state index < -0.39 is 0 Å². The van der Waals surface area contributed by atoms with Crippen LogP contribution >= 0.6 is 15.9 Å². The molecular formula is C17H17BrN5O4+. The Kier molecular flexibility index (Phi) is 5.17. The summed E-state index contributed by atoms with van der Waals surface area (Å²) in [5.74, 6) is -0.420. The number of benzene rings is 2. The molecule has 0 bridgehead atoms. The molecule has 0 aliphatic carbocycles. The van der Waals surface area contributed by atoms with Crippen molar-refractivity contribution in [2.24, 2.45) is 0 Å². The average molecular weight is 435 g/mol. The van der Waals surface area contributed by atoms with E-state index in [1.807, 2.05) is 18.2 Å². The molecule has 0 unspecified atom stereocenters. The van der Waals surface area contributed by atoms with Crippen LogP contribution < -0.4 is 15.2 Å². The van der Waals surface area contributed by atoms with Crippen molar-refractivity contribution >= 4 is 44.8 Å². The van der Waals surface area contributed by atoms with E-state index in [0.29, 0.717) is 5.69 Å². The Morgan fingerprint density at radius 1 is 1.15 bits per heavy atom. The number of rotatable bonds is 5. The summed E-state index contributed by atoms with van der Waals surface area (Å²) < 4.78 is 5.78. The third-order valence-electron chi connectivity index (χ3n) is 3.71. The molecular weight excluding hydrogens is 418 g/mol. The van der Waals surface area contributed by atoms with Crippen LogP contribution in [0.15, 0.2) is 51.6 Å². The number of aromatic amines is 1. The fraction of sp³-hybridized carbons (Fsp3) is 0.118. The molecule has 0 aliphatic heterocycles. The van der Waals surface area contributed by atoms with Crippen molar-refractivity contribution in [1.29, 1.82) is 0 Å². The van der Waals surface area contributed by atoms with Crippen LogP contribution in [0.1, 0.15) is 10.4 Å². The van der Waals surface area contributed by atoms with Gasteiger partial charge in [0.1, 0.15) is 5.69 Å². The summed E-state index contributed by atoms with van der Waals surface area (Å²) in [5.41, 5.74) is 0.978. The molecule has 4 N–H and O–H groups in total. The van der Waals surface area contributed by atoms with Crippen LogP contribution in [0.25, 0.3) is 0 Å². The third kappa shape index (κ3) is 3.80. The van der Waals surface area contributed by atoms with Crippen molar-refractivity contribution in [1.82, 2.24) is 10.1 Å². The van der Waals surface area contributed by atoms with E-state index in [-0.39, 0.29) is 39.1 Å². The fourth-order valence-electron chi connectivity index (χ4n) is 2.35. The first kappa shape index (κ1) is 18.5. The third-order valence-corrected chi connectivity index (χ3v) is 4.40. The lowest BCUT2D eigenvalue weighted by molar-refractivity contribution is -0.701. The van der Waals surface area contributed by atoms with E-state index in [1.54, 1.807) is 26.2 Å². The molecule has 0 saturated heterocycles. The van der Waals surface area contributed by atoms with Gasteiger partial charge in [-0.1, -0.05) is 23.4 Å². The number of phenolic OH excluding ortho intramolecular Hbond substituents is 1. The molecule has 0 spiro atoms. The minimum Gasteiger partial charge on any atom is -0.504 e. The molecule has 0 aliphatic rings. The van der Waals surface area contributed by atoms with E-state index in [4.69, 9.17) is 4.63 Å². The number of anilines is 4. The second-order valence-corrected chi connectivity index (χ2v) is 6.66. The Labute approximate surface area is 162 Å². The van der Waals surface area contributed by atoms with E-state index >= 15 is 0 Å². The van der Waals surface area contributed by atoms with Gasteiger partial charge in [0.2, 0.25) is 0 Å². The maximum Gasteiger partial charge on any atom is 0.371 e. The maximum atomic E-state index is 12.2. The Bertz CT molecular complexity index is 1040. The molecule has 3 aromatic rings. The highest BCUT2D eigenvalue weighted by molar-refractivity contribution is 9.10. The summed E-state index contributed by atoms with van der Waals surface area (Å²) in [4.78, 5) is 25.5. The predicted octanol–water partition coefficient (Wildman–Crippen LogP) is 3.18. The number of hydrogen-bond acceptors (Lipinski definition) is 6. The molecule has 0 radical (unpaired) electrons. The first-order valence-corrected chi connectivity index (χ1v) is 8.64. The normalized spacial score (nSPS) is 10.5. The minimum atomic E-state index is -0.364. The topological polar surface area (TPSA) is 117 Å².